The van der Waals surface area contributed by atoms with Crippen LogP contribution >= 0.6 is 0 Å². The van der Waals surface area contributed by atoms with Gasteiger partial charge in [0.15, 0.2) is 0 Å². The fraction of sp³-hybridized carbons (Fsp3) is 0. The Bertz CT molecular complexity index is 492. The largest absolute Gasteiger partial charge is 0.507 e. The van der Waals surface area contributed by atoms with E-state index in [0.29, 0.717) is 5.56 Å². The monoisotopic (exact) mass is 187 g/mol. The van der Waals surface area contributed by atoms with Crippen molar-refractivity contribution in [1.29, 1.82) is 0 Å². The Morgan fingerprint density at radius 2 is 1.86 bits per heavy atom. The normalized spacial score (nSPS) is 11.1. The number of fused-ring (bicyclic) bond motifs is 1. The van der Waals surface area contributed by atoms with Gasteiger partial charge in [-0.25, -0.2) is 0 Å². The number of rotatable bonds is 1. The van der Waals surface area contributed by atoms with Gasteiger partial charge in [0.05, 0.1) is 6.21 Å². The Hall–Kier alpha value is -2.03. The third kappa shape index (κ3) is 1.29. The molecule has 2 rings (SSSR count). The van der Waals surface area contributed by atoms with Gasteiger partial charge in [0.1, 0.15) is 5.75 Å². The maximum Gasteiger partial charge on any atom is 0.125 e. The second-order valence-corrected chi connectivity index (χ2v) is 2.96. The van der Waals surface area contributed by atoms with Gasteiger partial charge < -0.3 is 10.3 Å². The third-order valence-electron chi connectivity index (χ3n) is 2.13. The minimum atomic E-state index is 0.113. The molecule has 0 aliphatic heterocycles. The summed E-state index contributed by atoms with van der Waals surface area (Å²) in [6.45, 7) is 0. The van der Waals surface area contributed by atoms with Crippen LogP contribution in [0.4, 0.5) is 0 Å². The molecule has 0 saturated carbocycles. The van der Waals surface area contributed by atoms with E-state index in [2.05, 4.69) is 5.16 Å². The summed E-state index contributed by atoms with van der Waals surface area (Å²) in [4.78, 5) is 0. The van der Waals surface area contributed by atoms with Gasteiger partial charge in [-0.1, -0.05) is 35.5 Å². The molecule has 0 heterocycles. The molecule has 0 unspecified atom stereocenters. The maximum atomic E-state index is 9.54. The standard InChI is InChI=1S/C11H9NO2/c13-11-6-5-8-3-1-2-4-9(8)10(11)7-12-14/h1-7,13-14H. The summed E-state index contributed by atoms with van der Waals surface area (Å²) in [5.74, 6) is 0.113. The van der Waals surface area contributed by atoms with Gasteiger partial charge in [-0.15, -0.1) is 0 Å². The highest BCUT2D eigenvalue weighted by Gasteiger charge is 2.03. The van der Waals surface area contributed by atoms with Gasteiger partial charge in [0.25, 0.3) is 0 Å². The summed E-state index contributed by atoms with van der Waals surface area (Å²) in [5.41, 5.74) is 0.533. The van der Waals surface area contributed by atoms with Gasteiger partial charge in [-0.2, -0.15) is 0 Å². The molecule has 0 radical (unpaired) electrons. The molecule has 0 amide bonds. The Labute approximate surface area is 80.9 Å². The molecule has 0 atom stereocenters. The van der Waals surface area contributed by atoms with Crippen molar-refractivity contribution in [2.45, 2.75) is 0 Å². The van der Waals surface area contributed by atoms with Crippen molar-refractivity contribution in [2.75, 3.05) is 0 Å². The molecule has 2 aromatic rings. The Balaban J connectivity index is 2.82. The molecule has 70 valence electrons. The molecule has 2 aromatic carbocycles. The quantitative estimate of drug-likeness (QED) is 0.409. The summed E-state index contributed by atoms with van der Waals surface area (Å²) in [6.07, 6.45) is 1.23. The molecule has 0 aliphatic rings. The van der Waals surface area contributed by atoms with Crippen molar-refractivity contribution >= 4 is 17.0 Å². The third-order valence-corrected chi connectivity index (χ3v) is 2.13. The predicted molar refractivity (Wildman–Crippen MR) is 55.0 cm³/mol. The zero-order valence-corrected chi connectivity index (χ0v) is 7.38. The van der Waals surface area contributed by atoms with Crippen LogP contribution in [-0.2, 0) is 0 Å². The van der Waals surface area contributed by atoms with Crippen LogP contribution in [0, 0.1) is 0 Å². The number of hydrogen-bond acceptors (Lipinski definition) is 3. The van der Waals surface area contributed by atoms with Crippen molar-refractivity contribution in [3.05, 3.63) is 42.0 Å². The highest BCUT2D eigenvalue weighted by molar-refractivity contribution is 6.02. The molecule has 0 aromatic heterocycles. The van der Waals surface area contributed by atoms with Crippen LogP contribution in [0.25, 0.3) is 10.8 Å². The Kier molecular flexibility index (Phi) is 2.07. The Morgan fingerprint density at radius 1 is 1.07 bits per heavy atom. The summed E-state index contributed by atoms with van der Waals surface area (Å²) < 4.78 is 0. The fourth-order valence-electron chi connectivity index (χ4n) is 1.48. The van der Waals surface area contributed by atoms with Crippen molar-refractivity contribution in [3.63, 3.8) is 0 Å². The first-order valence-corrected chi connectivity index (χ1v) is 4.21. The maximum absolute atomic E-state index is 9.54. The molecule has 3 nitrogen and oxygen atoms in total. The first-order chi connectivity index (χ1) is 6.83. The van der Waals surface area contributed by atoms with E-state index in [1.54, 1.807) is 6.07 Å². The second-order valence-electron chi connectivity index (χ2n) is 2.96. The lowest BCUT2D eigenvalue weighted by molar-refractivity contribution is 0.321. The van der Waals surface area contributed by atoms with E-state index in [4.69, 9.17) is 5.21 Å². The van der Waals surface area contributed by atoms with E-state index >= 15 is 0 Å². The number of benzene rings is 2. The Morgan fingerprint density at radius 3 is 2.64 bits per heavy atom. The summed E-state index contributed by atoms with van der Waals surface area (Å²) in [6, 6.07) is 11.0. The zero-order chi connectivity index (χ0) is 9.97. The molecular formula is C11H9NO2. The lowest BCUT2D eigenvalue weighted by Crippen LogP contribution is -1.85. The van der Waals surface area contributed by atoms with Gasteiger partial charge in [-0.3, -0.25) is 0 Å². The van der Waals surface area contributed by atoms with E-state index in [9.17, 15) is 5.11 Å². The van der Waals surface area contributed by atoms with Crippen molar-refractivity contribution in [1.82, 2.24) is 0 Å². The molecule has 0 saturated heterocycles. The molecule has 2 N–H and O–H groups in total. The fourth-order valence-corrected chi connectivity index (χ4v) is 1.48. The molecular weight excluding hydrogens is 178 g/mol. The lowest BCUT2D eigenvalue weighted by Gasteiger charge is -2.03. The SMILES string of the molecule is ON=Cc1c(O)ccc2ccccc12. The highest BCUT2D eigenvalue weighted by Crippen LogP contribution is 2.25. The van der Waals surface area contributed by atoms with Crippen LogP contribution < -0.4 is 0 Å². The van der Waals surface area contributed by atoms with E-state index in [0.717, 1.165) is 10.8 Å². The van der Waals surface area contributed by atoms with Crippen molar-refractivity contribution in [3.8, 4) is 5.75 Å². The highest BCUT2D eigenvalue weighted by atomic mass is 16.4. The molecule has 0 fully saturated rings. The smallest absolute Gasteiger partial charge is 0.125 e. The topological polar surface area (TPSA) is 52.8 Å². The van der Waals surface area contributed by atoms with Crippen LogP contribution in [0.3, 0.4) is 0 Å². The van der Waals surface area contributed by atoms with Crippen LogP contribution in [-0.4, -0.2) is 16.5 Å². The van der Waals surface area contributed by atoms with Gasteiger partial charge in [0, 0.05) is 5.56 Å². The minimum Gasteiger partial charge on any atom is -0.507 e. The number of phenols is 1. The van der Waals surface area contributed by atoms with E-state index < -0.39 is 0 Å². The molecule has 0 aliphatic carbocycles. The average molecular weight is 187 g/mol. The van der Waals surface area contributed by atoms with Gasteiger partial charge in [0.2, 0.25) is 0 Å². The van der Waals surface area contributed by atoms with E-state index in [1.165, 1.54) is 6.21 Å². The van der Waals surface area contributed by atoms with Gasteiger partial charge >= 0.3 is 0 Å². The number of phenolic OH excluding ortho intramolecular Hbond substituents is 1. The summed E-state index contributed by atoms with van der Waals surface area (Å²) in [5, 5.41) is 22.8. The lowest BCUT2D eigenvalue weighted by atomic mass is 10.0. The molecule has 14 heavy (non-hydrogen) atoms. The summed E-state index contributed by atoms with van der Waals surface area (Å²) >= 11 is 0. The van der Waals surface area contributed by atoms with Crippen molar-refractivity contribution < 1.29 is 10.3 Å². The molecule has 3 heteroatoms. The number of aromatic hydroxyl groups is 1. The van der Waals surface area contributed by atoms with E-state index in [1.807, 2.05) is 30.3 Å². The number of oxime groups is 1. The molecule has 0 bridgehead atoms. The van der Waals surface area contributed by atoms with E-state index in [-0.39, 0.29) is 5.75 Å². The first-order valence-electron chi connectivity index (χ1n) is 4.21. The number of hydrogen-bond donors (Lipinski definition) is 2. The van der Waals surface area contributed by atoms with Crippen LogP contribution in [0.1, 0.15) is 5.56 Å². The molecule has 0 spiro atoms. The van der Waals surface area contributed by atoms with Crippen LogP contribution in [0.5, 0.6) is 5.75 Å². The number of nitrogens with zero attached hydrogens (tertiary/aromatic N) is 1. The predicted octanol–water partition coefficient (Wildman–Crippen LogP) is 2.35. The summed E-state index contributed by atoms with van der Waals surface area (Å²) in [7, 11) is 0. The zero-order valence-electron chi connectivity index (χ0n) is 7.38. The van der Waals surface area contributed by atoms with Crippen LogP contribution in [0.2, 0.25) is 0 Å². The minimum absolute atomic E-state index is 0.113. The van der Waals surface area contributed by atoms with Gasteiger partial charge in [-0.05, 0) is 16.8 Å². The van der Waals surface area contributed by atoms with Crippen LogP contribution in [0.15, 0.2) is 41.6 Å². The second kappa shape index (κ2) is 3.38. The first kappa shape index (κ1) is 8.56. The van der Waals surface area contributed by atoms with Crippen molar-refractivity contribution in [2.24, 2.45) is 5.16 Å². The average Bonchev–Trinajstić information content (AvgIpc) is 2.23.